The quantitative estimate of drug-likeness (QED) is 0.570. The first-order valence-corrected chi connectivity index (χ1v) is 5.10. The molecule has 0 bridgehead atoms. The second-order valence-electron chi connectivity index (χ2n) is 1.80. The Labute approximate surface area is 81.9 Å². The highest BCUT2D eigenvalue weighted by atomic mass is 35.5. The van der Waals surface area contributed by atoms with Gasteiger partial charge in [-0.3, -0.25) is 0 Å². The van der Waals surface area contributed by atoms with Crippen molar-refractivity contribution < 1.29 is 4.39 Å². The van der Waals surface area contributed by atoms with Crippen LogP contribution in [0.2, 0.25) is 0 Å². The SMILES string of the molecule is Cc1csc(SC(F)(Cl)Cl)n1. The average Bonchev–Trinajstić information content (AvgIpc) is 2.10. The van der Waals surface area contributed by atoms with Crippen LogP contribution in [0.1, 0.15) is 5.69 Å². The number of aromatic nitrogens is 1. The molecule has 0 aliphatic carbocycles. The van der Waals surface area contributed by atoms with E-state index in [2.05, 4.69) is 4.98 Å². The Morgan fingerprint density at radius 3 is 2.73 bits per heavy atom. The molecule has 0 radical (unpaired) electrons. The highest BCUT2D eigenvalue weighted by Crippen LogP contribution is 2.42. The lowest BCUT2D eigenvalue weighted by Gasteiger charge is -2.03. The molecule has 1 nitrogen and oxygen atoms in total. The molecule has 0 aliphatic rings. The highest BCUT2D eigenvalue weighted by Gasteiger charge is 2.25. The molecule has 1 aromatic rings. The van der Waals surface area contributed by atoms with Crippen molar-refractivity contribution in [3.8, 4) is 0 Å². The maximum atomic E-state index is 12.5. The number of alkyl halides is 3. The maximum absolute atomic E-state index is 12.5. The normalized spacial score (nSPS) is 12.0. The lowest BCUT2D eigenvalue weighted by atomic mass is 10.6. The lowest BCUT2D eigenvalue weighted by molar-refractivity contribution is 0.515. The van der Waals surface area contributed by atoms with E-state index in [4.69, 9.17) is 23.2 Å². The molecule has 0 unspecified atom stereocenters. The summed E-state index contributed by atoms with van der Waals surface area (Å²) in [5, 5.41) is 1.81. The molecule has 1 heterocycles. The first kappa shape index (κ1) is 9.58. The fourth-order valence-corrected chi connectivity index (χ4v) is 2.78. The summed E-state index contributed by atoms with van der Waals surface area (Å²) in [6, 6.07) is 0. The number of thiazole rings is 1. The molecule has 0 fully saturated rings. The van der Waals surface area contributed by atoms with Gasteiger partial charge in [-0.15, -0.1) is 11.3 Å². The van der Waals surface area contributed by atoms with Crippen molar-refractivity contribution in [1.82, 2.24) is 4.98 Å². The Bertz CT molecular complexity index is 245. The van der Waals surface area contributed by atoms with Gasteiger partial charge >= 0.3 is 3.92 Å². The fraction of sp³-hybridized carbons (Fsp3) is 0.400. The van der Waals surface area contributed by atoms with E-state index >= 15 is 0 Å². The number of rotatable bonds is 2. The van der Waals surface area contributed by atoms with E-state index in [1.54, 1.807) is 0 Å². The Balaban J connectivity index is 2.65. The van der Waals surface area contributed by atoms with E-state index in [1.165, 1.54) is 11.3 Å². The van der Waals surface area contributed by atoms with E-state index in [-0.39, 0.29) is 0 Å². The van der Waals surface area contributed by atoms with Gasteiger partial charge < -0.3 is 0 Å². The van der Waals surface area contributed by atoms with Crippen molar-refractivity contribution in [1.29, 1.82) is 0 Å². The van der Waals surface area contributed by atoms with Gasteiger partial charge in [0.15, 0.2) is 4.34 Å². The van der Waals surface area contributed by atoms with Crippen LogP contribution in [0.4, 0.5) is 4.39 Å². The molecule has 62 valence electrons. The van der Waals surface area contributed by atoms with Crippen LogP contribution in [-0.2, 0) is 0 Å². The Hall–Kier alpha value is 0.490. The summed E-state index contributed by atoms with van der Waals surface area (Å²) in [5.41, 5.74) is 0.843. The van der Waals surface area contributed by atoms with Crippen LogP contribution < -0.4 is 0 Å². The standard InChI is InChI=1S/C5H4Cl2FNS2/c1-3-2-10-4(9-3)11-5(6,7)8/h2H,1H3. The molecular formula is C5H4Cl2FNS2. The predicted octanol–water partition coefficient (Wildman–Crippen LogP) is 3.60. The number of nitrogens with zero attached hydrogens (tertiary/aromatic N) is 1. The monoisotopic (exact) mass is 231 g/mol. The number of hydrogen-bond acceptors (Lipinski definition) is 3. The molecular weight excluding hydrogens is 228 g/mol. The molecule has 0 N–H and O–H groups in total. The number of aryl methyl sites for hydroxylation is 1. The molecule has 0 saturated carbocycles. The van der Waals surface area contributed by atoms with Crippen LogP contribution in [-0.4, -0.2) is 8.90 Å². The smallest absolute Gasteiger partial charge is 0.235 e. The number of thioether (sulfide) groups is 1. The third kappa shape index (κ3) is 3.60. The lowest BCUT2D eigenvalue weighted by Crippen LogP contribution is -1.94. The van der Waals surface area contributed by atoms with Crippen molar-refractivity contribution in [2.45, 2.75) is 15.2 Å². The van der Waals surface area contributed by atoms with Gasteiger partial charge in [0.05, 0.1) is 0 Å². The van der Waals surface area contributed by atoms with Gasteiger partial charge in [-0.05, 0) is 18.7 Å². The molecule has 0 aliphatic heterocycles. The summed E-state index contributed by atoms with van der Waals surface area (Å²) in [6.07, 6.45) is 0. The minimum Gasteiger partial charge on any atom is -0.235 e. The predicted molar refractivity (Wildman–Crippen MR) is 48.3 cm³/mol. The van der Waals surface area contributed by atoms with Gasteiger partial charge in [-0.25, -0.2) is 4.98 Å². The zero-order chi connectivity index (χ0) is 8.48. The Morgan fingerprint density at radius 2 is 2.36 bits per heavy atom. The van der Waals surface area contributed by atoms with Gasteiger partial charge in [0.25, 0.3) is 0 Å². The molecule has 0 saturated heterocycles. The number of halogens is 3. The van der Waals surface area contributed by atoms with Crippen molar-refractivity contribution in [2.75, 3.05) is 0 Å². The van der Waals surface area contributed by atoms with E-state index in [1.807, 2.05) is 12.3 Å². The average molecular weight is 232 g/mol. The van der Waals surface area contributed by atoms with Gasteiger partial charge in [-0.2, -0.15) is 4.39 Å². The zero-order valence-corrected chi connectivity index (χ0v) is 8.62. The molecule has 0 aromatic carbocycles. The van der Waals surface area contributed by atoms with Crippen molar-refractivity contribution in [3.63, 3.8) is 0 Å². The molecule has 0 spiro atoms. The van der Waals surface area contributed by atoms with Crippen molar-refractivity contribution >= 4 is 46.3 Å². The summed E-state index contributed by atoms with van der Waals surface area (Å²) in [4.78, 5) is 3.97. The second kappa shape index (κ2) is 3.47. The molecule has 6 heteroatoms. The summed E-state index contributed by atoms with van der Waals surface area (Å²) in [5.74, 6) is 0. The second-order valence-corrected chi connectivity index (χ2v) is 5.76. The van der Waals surface area contributed by atoms with Gasteiger partial charge in [0.1, 0.15) is 0 Å². The van der Waals surface area contributed by atoms with Crippen LogP contribution in [0, 0.1) is 6.92 Å². The van der Waals surface area contributed by atoms with Gasteiger partial charge in [0.2, 0.25) is 0 Å². The Kier molecular flexibility index (Phi) is 3.02. The minimum atomic E-state index is -2.27. The summed E-state index contributed by atoms with van der Waals surface area (Å²) in [6.45, 7) is 1.82. The van der Waals surface area contributed by atoms with Crippen LogP contribution in [0.15, 0.2) is 9.72 Å². The zero-order valence-electron chi connectivity index (χ0n) is 5.47. The third-order valence-electron chi connectivity index (χ3n) is 0.801. The van der Waals surface area contributed by atoms with Gasteiger partial charge in [0, 0.05) is 11.1 Å². The molecule has 0 atom stereocenters. The highest BCUT2D eigenvalue weighted by molar-refractivity contribution is 8.04. The first-order chi connectivity index (χ1) is 4.97. The molecule has 1 rings (SSSR count). The van der Waals surface area contributed by atoms with Crippen molar-refractivity contribution in [2.24, 2.45) is 0 Å². The largest absolute Gasteiger partial charge is 0.311 e. The number of hydrogen-bond donors (Lipinski definition) is 0. The minimum absolute atomic E-state index is 0.537. The first-order valence-electron chi connectivity index (χ1n) is 2.65. The van der Waals surface area contributed by atoms with E-state index in [0.29, 0.717) is 16.1 Å². The van der Waals surface area contributed by atoms with E-state index < -0.39 is 3.92 Å². The maximum Gasteiger partial charge on any atom is 0.311 e. The van der Waals surface area contributed by atoms with Crippen LogP contribution in [0.25, 0.3) is 0 Å². The summed E-state index contributed by atoms with van der Waals surface area (Å²) < 4.78 is 10.8. The van der Waals surface area contributed by atoms with E-state index in [9.17, 15) is 4.39 Å². The summed E-state index contributed by atoms with van der Waals surface area (Å²) in [7, 11) is 0. The van der Waals surface area contributed by atoms with E-state index in [0.717, 1.165) is 5.69 Å². The van der Waals surface area contributed by atoms with Crippen molar-refractivity contribution in [3.05, 3.63) is 11.1 Å². The van der Waals surface area contributed by atoms with Crippen LogP contribution in [0.5, 0.6) is 0 Å². The molecule has 11 heavy (non-hydrogen) atoms. The van der Waals surface area contributed by atoms with Gasteiger partial charge in [-0.1, -0.05) is 23.2 Å². The fourth-order valence-electron chi connectivity index (χ4n) is 0.478. The third-order valence-corrected chi connectivity index (χ3v) is 3.05. The topological polar surface area (TPSA) is 12.9 Å². The van der Waals surface area contributed by atoms with Crippen LogP contribution >= 0.6 is 46.3 Å². The molecule has 1 aromatic heterocycles. The van der Waals surface area contributed by atoms with Crippen LogP contribution in [0.3, 0.4) is 0 Å². The molecule has 0 amide bonds. The summed E-state index contributed by atoms with van der Waals surface area (Å²) >= 11 is 12.2. The Morgan fingerprint density at radius 1 is 1.73 bits per heavy atom.